The summed E-state index contributed by atoms with van der Waals surface area (Å²) in [6.45, 7) is 0. The average molecular weight is 317 g/mol. The highest BCUT2D eigenvalue weighted by molar-refractivity contribution is 7.98. The average Bonchev–Trinajstić information content (AvgIpc) is 3.09. The van der Waals surface area contributed by atoms with Crippen LogP contribution in [-0.4, -0.2) is 21.8 Å². The van der Waals surface area contributed by atoms with Crippen molar-refractivity contribution in [3.63, 3.8) is 0 Å². The topological polar surface area (TPSA) is 63.3 Å². The van der Waals surface area contributed by atoms with Crippen LogP contribution >= 0.6 is 23.1 Å². The van der Waals surface area contributed by atoms with Gasteiger partial charge in [0.25, 0.3) is 0 Å². The number of aromatic nitrogens is 1. The minimum absolute atomic E-state index is 0.156. The monoisotopic (exact) mass is 317 g/mol. The molecule has 0 radical (unpaired) electrons. The van der Waals surface area contributed by atoms with Crippen molar-refractivity contribution in [1.82, 2.24) is 4.98 Å². The van der Waals surface area contributed by atoms with Crippen LogP contribution in [0.4, 0.5) is 0 Å². The molecule has 6 heteroatoms. The molecule has 0 amide bonds. The van der Waals surface area contributed by atoms with E-state index in [0.29, 0.717) is 17.0 Å². The highest BCUT2D eigenvalue weighted by atomic mass is 32.2. The van der Waals surface area contributed by atoms with Crippen LogP contribution in [0.15, 0.2) is 28.7 Å². The first kappa shape index (κ1) is 12.9. The number of para-hydroxylation sites is 1. The van der Waals surface area contributed by atoms with Gasteiger partial charge in [0.2, 0.25) is 5.89 Å². The third-order valence-corrected chi connectivity index (χ3v) is 5.72. The van der Waals surface area contributed by atoms with E-state index in [2.05, 4.69) is 11.1 Å². The van der Waals surface area contributed by atoms with Crippen LogP contribution in [0.3, 0.4) is 0 Å². The SMILES string of the molecule is O=C(O)c1cccc2nc(-c3cc4c(s3)CCSC4)oc12. The molecule has 2 aromatic heterocycles. The zero-order valence-electron chi connectivity index (χ0n) is 11.0. The van der Waals surface area contributed by atoms with Crippen LogP contribution in [0.1, 0.15) is 20.8 Å². The molecule has 0 unspecified atom stereocenters. The second-order valence-corrected chi connectivity index (χ2v) is 7.08. The van der Waals surface area contributed by atoms with Crippen molar-refractivity contribution >= 4 is 40.2 Å². The largest absolute Gasteiger partial charge is 0.478 e. The molecule has 3 heterocycles. The summed E-state index contributed by atoms with van der Waals surface area (Å²) >= 11 is 3.64. The number of thiophene rings is 1. The molecule has 4 rings (SSSR count). The van der Waals surface area contributed by atoms with E-state index in [1.165, 1.54) is 16.5 Å². The summed E-state index contributed by atoms with van der Waals surface area (Å²) in [5.41, 5.74) is 2.45. The first-order valence-electron chi connectivity index (χ1n) is 6.55. The fraction of sp³-hybridized carbons (Fsp3) is 0.200. The van der Waals surface area contributed by atoms with Gasteiger partial charge in [-0.2, -0.15) is 11.8 Å². The molecule has 1 aliphatic heterocycles. The summed E-state index contributed by atoms with van der Waals surface area (Å²) in [4.78, 5) is 18.0. The Balaban J connectivity index is 1.85. The summed E-state index contributed by atoms with van der Waals surface area (Å²) in [7, 11) is 0. The number of carboxylic acid groups (broad SMARTS) is 1. The van der Waals surface area contributed by atoms with Crippen LogP contribution in [0, 0.1) is 0 Å². The van der Waals surface area contributed by atoms with Crippen LogP contribution in [0.2, 0.25) is 0 Å². The van der Waals surface area contributed by atoms with E-state index in [-0.39, 0.29) is 5.56 Å². The number of carboxylic acids is 1. The molecule has 0 bridgehead atoms. The van der Waals surface area contributed by atoms with Crippen LogP contribution in [0.5, 0.6) is 0 Å². The molecule has 0 saturated carbocycles. The Kier molecular flexibility index (Phi) is 3.01. The molecule has 1 N–H and O–H groups in total. The number of hydrogen-bond acceptors (Lipinski definition) is 5. The third-order valence-electron chi connectivity index (χ3n) is 3.48. The number of carbonyl (C=O) groups is 1. The zero-order valence-corrected chi connectivity index (χ0v) is 12.6. The summed E-state index contributed by atoms with van der Waals surface area (Å²) in [6, 6.07) is 7.12. The van der Waals surface area contributed by atoms with Gasteiger partial charge in [-0.15, -0.1) is 11.3 Å². The molecule has 0 saturated heterocycles. The summed E-state index contributed by atoms with van der Waals surface area (Å²) in [5.74, 6) is 1.71. The molecule has 0 fully saturated rings. The Labute approximate surface area is 128 Å². The number of aryl methyl sites for hydroxylation is 1. The highest BCUT2D eigenvalue weighted by Gasteiger charge is 2.19. The van der Waals surface area contributed by atoms with Crippen LogP contribution in [0.25, 0.3) is 21.9 Å². The van der Waals surface area contributed by atoms with Gasteiger partial charge in [-0.1, -0.05) is 6.07 Å². The molecule has 1 aliphatic rings. The number of hydrogen-bond donors (Lipinski definition) is 1. The van der Waals surface area contributed by atoms with Crippen molar-refractivity contribution in [1.29, 1.82) is 0 Å². The second kappa shape index (κ2) is 4.89. The van der Waals surface area contributed by atoms with Gasteiger partial charge in [0.05, 0.1) is 4.88 Å². The Morgan fingerprint density at radius 2 is 2.29 bits per heavy atom. The van der Waals surface area contributed by atoms with Gasteiger partial charge in [-0.25, -0.2) is 9.78 Å². The van der Waals surface area contributed by atoms with Gasteiger partial charge in [0, 0.05) is 10.6 Å². The number of oxazole rings is 1. The van der Waals surface area contributed by atoms with Gasteiger partial charge < -0.3 is 9.52 Å². The normalized spacial score (nSPS) is 14.3. The van der Waals surface area contributed by atoms with Crippen molar-refractivity contribution < 1.29 is 14.3 Å². The van der Waals surface area contributed by atoms with Crippen molar-refractivity contribution in [2.24, 2.45) is 0 Å². The molecule has 3 aromatic rings. The van der Waals surface area contributed by atoms with Gasteiger partial charge in [-0.3, -0.25) is 0 Å². The van der Waals surface area contributed by atoms with E-state index in [9.17, 15) is 9.90 Å². The lowest BCUT2D eigenvalue weighted by molar-refractivity contribution is 0.0698. The lowest BCUT2D eigenvalue weighted by Gasteiger charge is -2.08. The van der Waals surface area contributed by atoms with Crippen molar-refractivity contribution in [3.05, 3.63) is 40.3 Å². The first-order chi connectivity index (χ1) is 10.2. The Morgan fingerprint density at radius 1 is 1.38 bits per heavy atom. The molecule has 4 nitrogen and oxygen atoms in total. The zero-order chi connectivity index (χ0) is 14.4. The minimum atomic E-state index is -0.995. The standard InChI is InChI=1S/C15H11NO3S2/c17-15(18)9-2-1-3-10-13(9)19-14(16-10)12-6-8-7-20-5-4-11(8)21-12/h1-3,6H,4-5,7H2,(H,17,18). The van der Waals surface area contributed by atoms with Crippen molar-refractivity contribution in [2.45, 2.75) is 12.2 Å². The molecule has 21 heavy (non-hydrogen) atoms. The Morgan fingerprint density at radius 3 is 3.10 bits per heavy atom. The smallest absolute Gasteiger partial charge is 0.339 e. The maximum Gasteiger partial charge on any atom is 0.339 e. The maximum atomic E-state index is 11.2. The number of rotatable bonds is 2. The van der Waals surface area contributed by atoms with E-state index in [1.54, 1.807) is 23.5 Å². The quantitative estimate of drug-likeness (QED) is 0.772. The predicted octanol–water partition coefficient (Wildman–Crippen LogP) is 4.04. The van der Waals surface area contributed by atoms with Gasteiger partial charge in [-0.05, 0) is 35.9 Å². The minimum Gasteiger partial charge on any atom is -0.478 e. The number of benzene rings is 1. The number of nitrogens with zero attached hydrogens (tertiary/aromatic N) is 1. The number of fused-ring (bicyclic) bond motifs is 2. The summed E-state index contributed by atoms with van der Waals surface area (Å²) in [6.07, 6.45) is 1.09. The third kappa shape index (κ3) is 2.15. The first-order valence-corrected chi connectivity index (χ1v) is 8.52. The molecule has 1 aromatic carbocycles. The highest BCUT2D eigenvalue weighted by Crippen LogP contribution is 2.37. The van der Waals surface area contributed by atoms with Gasteiger partial charge in [0.15, 0.2) is 5.58 Å². The van der Waals surface area contributed by atoms with Crippen molar-refractivity contribution in [2.75, 3.05) is 5.75 Å². The fourth-order valence-electron chi connectivity index (χ4n) is 2.48. The van der Waals surface area contributed by atoms with E-state index >= 15 is 0 Å². The van der Waals surface area contributed by atoms with E-state index < -0.39 is 5.97 Å². The summed E-state index contributed by atoms with van der Waals surface area (Å²) < 4.78 is 5.74. The lowest BCUT2D eigenvalue weighted by atomic mass is 10.2. The van der Waals surface area contributed by atoms with E-state index in [0.717, 1.165) is 22.8 Å². The number of aromatic carboxylic acids is 1. The Hall–Kier alpha value is -1.79. The molecule has 0 aliphatic carbocycles. The van der Waals surface area contributed by atoms with E-state index in [1.807, 2.05) is 11.8 Å². The molecule has 106 valence electrons. The Bertz CT molecular complexity index is 826. The van der Waals surface area contributed by atoms with E-state index in [4.69, 9.17) is 4.42 Å². The maximum absolute atomic E-state index is 11.2. The van der Waals surface area contributed by atoms with Gasteiger partial charge >= 0.3 is 5.97 Å². The lowest BCUT2D eigenvalue weighted by Crippen LogP contribution is -1.96. The second-order valence-electron chi connectivity index (χ2n) is 4.84. The fourth-order valence-corrected chi connectivity index (χ4v) is 4.77. The number of thioether (sulfide) groups is 1. The van der Waals surface area contributed by atoms with Crippen LogP contribution in [-0.2, 0) is 12.2 Å². The molecule has 0 spiro atoms. The van der Waals surface area contributed by atoms with Crippen LogP contribution < -0.4 is 0 Å². The van der Waals surface area contributed by atoms with Crippen molar-refractivity contribution in [3.8, 4) is 10.8 Å². The predicted molar refractivity (Wildman–Crippen MR) is 84.1 cm³/mol. The summed E-state index contributed by atoms with van der Waals surface area (Å²) in [5, 5.41) is 9.21. The van der Waals surface area contributed by atoms with Gasteiger partial charge in [0.1, 0.15) is 11.1 Å². The molecule has 0 atom stereocenters. The molecular formula is C15H11NO3S2. The molecular weight excluding hydrogens is 306 g/mol.